The van der Waals surface area contributed by atoms with Crippen LogP contribution in [0, 0.1) is 0 Å². The van der Waals surface area contributed by atoms with Crippen molar-refractivity contribution in [1.82, 2.24) is 15.2 Å². The van der Waals surface area contributed by atoms with Gasteiger partial charge in [-0.2, -0.15) is 0 Å². The quantitative estimate of drug-likeness (QED) is 0.836. The van der Waals surface area contributed by atoms with E-state index in [4.69, 9.17) is 4.74 Å². The Morgan fingerprint density at radius 1 is 1.43 bits per heavy atom. The fourth-order valence-corrected chi connectivity index (χ4v) is 3.87. The van der Waals surface area contributed by atoms with Gasteiger partial charge in [-0.05, 0) is 44.1 Å². The lowest BCUT2D eigenvalue weighted by Crippen LogP contribution is -2.46. The molecule has 1 amide bonds. The van der Waals surface area contributed by atoms with Crippen molar-refractivity contribution in [2.45, 2.75) is 42.9 Å². The van der Waals surface area contributed by atoms with Crippen molar-refractivity contribution in [3.63, 3.8) is 0 Å². The summed E-state index contributed by atoms with van der Waals surface area (Å²) >= 11 is 1.51. The second-order valence-corrected chi connectivity index (χ2v) is 7.04. The molecule has 23 heavy (non-hydrogen) atoms. The third kappa shape index (κ3) is 4.46. The van der Waals surface area contributed by atoms with Crippen molar-refractivity contribution < 1.29 is 9.53 Å². The van der Waals surface area contributed by atoms with Crippen LogP contribution in [0.2, 0.25) is 0 Å². The molecule has 6 heteroatoms. The van der Waals surface area contributed by atoms with Crippen LogP contribution >= 0.6 is 11.8 Å². The van der Waals surface area contributed by atoms with Crippen LogP contribution in [0.4, 0.5) is 0 Å². The highest BCUT2D eigenvalue weighted by molar-refractivity contribution is 7.98. The second-order valence-electron chi connectivity index (χ2n) is 6.24. The van der Waals surface area contributed by atoms with E-state index in [9.17, 15) is 4.79 Å². The number of thioether (sulfide) groups is 1. The molecule has 0 bridgehead atoms. The molecule has 1 aromatic rings. The van der Waals surface area contributed by atoms with Crippen molar-refractivity contribution in [3.8, 4) is 0 Å². The Labute approximate surface area is 142 Å². The van der Waals surface area contributed by atoms with E-state index in [1.165, 1.54) is 24.6 Å². The van der Waals surface area contributed by atoms with E-state index in [-0.39, 0.29) is 11.9 Å². The van der Waals surface area contributed by atoms with Crippen molar-refractivity contribution >= 4 is 17.7 Å². The average Bonchev–Trinajstić information content (AvgIpc) is 3.09. The Morgan fingerprint density at radius 3 is 2.96 bits per heavy atom. The fraction of sp³-hybridized carbons (Fsp3) is 0.647. The highest BCUT2D eigenvalue weighted by Gasteiger charge is 2.25. The Balaban J connectivity index is 1.47. The first-order chi connectivity index (χ1) is 11.3. The second kappa shape index (κ2) is 8.13. The summed E-state index contributed by atoms with van der Waals surface area (Å²) in [6.07, 6.45) is 8.49. The third-order valence-corrected chi connectivity index (χ3v) is 5.33. The monoisotopic (exact) mass is 335 g/mol. The number of hydrogen-bond donors (Lipinski definition) is 1. The maximum absolute atomic E-state index is 12.5. The largest absolute Gasteiger partial charge is 0.377 e. The number of carbonyl (C=O) groups is 1. The molecule has 0 aliphatic carbocycles. The van der Waals surface area contributed by atoms with Crippen LogP contribution in [0.1, 0.15) is 36.0 Å². The summed E-state index contributed by atoms with van der Waals surface area (Å²) in [6, 6.07) is 3.93. The molecule has 3 heterocycles. The summed E-state index contributed by atoms with van der Waals surface area (Å²) in [5.74, 6) is 0.0000243. The molecule has 0 aromatic carbocycles. The maximum Gasteiger partial charge on any atom is 0.254 e. The summed E-state index contributed by atoms with van der Waals surface area (Å²) in [6.45, 7) is 4.03. The summed E-state index contributed by atoms with van der Waals surface area (Å²) in [4.78, 5) is 19.2. The first-order valence-electron chi connectivity index (χ1n) is 8.40. The molecule has 1 unspecified atom stereocenters. The minimum atomic E-state index is 0.0000243. The zero-order valence-corrected chi connectivity index (χ0v) is 14.5. The number of carbonyl (C=O) groups excluding carboxylic acids is 1. The van der Waals surface area contributed by atoms with Crippen LogP contribution in [-0.2, 0) is 4.74 Å². The Hall–Kier alpha value is -1.11. The Morgan fingerprint density at radius 2 is 2.26 bits per heavy atom. The van der Waals surface area contributed by atoms with Gasteiger partial charge in [-0.1, -0.05) is 0 Å². The van der Waals surface area contributed by atoms with Gasteiger partial charge in [0.05, 0.1) is 11.7 Å². The number of pyridine rings is 1. The van der Waals surface area contributed by atoms with Crippen molar-refractivity contribution in [2.75, 3.05) is 32.5 Å². The molecule has 2 fully saturated rings. The molecular formula is C17H25N3O2S. The number of likely N-dealkylation sites (tertiary alicyclic amines) is 1. The number of nitrogens with one attached hydrogen (secondary N) is 1. The van der Waals surface area contributed by atoms with Gasteiger partial charge >= 0.3 is 0 Å². The van der Waals surface area contributed by atoms with E-state index in [1.807, 2.05) is 18.4 Å². The summed E-state index contributed by atoms with van der Waals surface area (Å²) in [5.41, 5.74) is 0.682. The molecule has 1 aromatic heterocycles. The number of piperidine rings is 1. The molecule has 3 rings (SSSR count). The minimum absolute atomic E-state index is 0.0000243. The minimum Gasteiger partial charge on any atom is -0.377 e. The van der Waals surface area contributed by atoms with Crippen molar-refractivity contribution in [3.05, 3.63) is 23.9 Å². The molecule has 1 atom stereocenters. The van der Waals surface area contributed by atoms with Gasteiger partial charge in [0, 0.05) is 38.5 Å². The van der Waals surface area contributed by atoms with E-state index in [1.54, 1.807) is 6.20 Å². The molecule has 2 aliphatic heterocycles. The lowest BCUT2D eigenvalue weighted by Gasteiger charge is -2.33. The van der Waals surface area contributed by atoms with Gasteiger partial charge in [0.1, 0.15) is 5.03 Å². The van der Waals surface area contributed by atoms with Crippen LogP contribution in [0.15, 0.2) is 23.4 Å². The van der Waals surface area contributed by atoms with Gasteiger partial charge in [0.15, 0.2) is 0 Å². The van der Waals surface area contributed by atoms with E-state index in [0.717, 1.165) is 44.1 Å². The molecule has 2 saturated heterocycles. The Bertz CT molecular complexity index is 526. The number of hydrogen-bond acceptors (Lipinski definition) is 5. The van der Waals surface area contributed by atoms with E-state index >= 15 is 0 Å². The summed E-state index contributed by atoms with van der Waals surface area (Å²) < 4.78 is 5.71. The van der Waals surface area contributed by atoms with E-state index < -0.39 is 0 Å². The molecular weight excluding hydrogens is 310 g/mol. The van der Waals surface area contributed by atoms with E-state index in [2.05, 4.69) is 15.2 Å². The summed E-state index contributed by atoms with van der Waals surface area (Å²) in [5, 5.41) is 3.97. The first kappa shape index (κ1) is 16.7. The zero-order valence-electron chi connectivity index (χ0n) is 13.7. The van der Waals surface area contributed by atoms with Gasteiger partial charge in [-0.3, -0.25) is 4.79 Å². The van der Waals surface area contributed by atoms with Gasteiger partial charge in [0.2, 0.25) is 0 Å². The third-order valence-electron chi connectivity index (χ3n) is 4.62. The van der Waals surface area contributed by atoms with Crippen LogP contribution in [-0.4, -0.2) is 60.4 Å². The molecule has 0 saturated carbocycles. The average molecular weight is 335 g/mol. The topological polar surface area (TPSA) is 54.5 Å². The lowest BCUT2D eigenvalue weighted by atomic mass is 10.0. The molecule has 0 radical (unpaired) electrons. The number of rotatable bonds is 5. The molecule has 1 N–H and O–H groups in total. The van der Waals surface area contributed by atoms with E-state index in [0.29, 0.717) is 11.7 Å². The van der Waals surface area contributed by atoms with Crippen LogP contribution < -0.4 is 5.32 Å². The number of nitrogens with zero attached hydrogens (tertiary/aromatic N) is 2. The zero-order chi connectivity index (χ0) is 16.1. The van der Waals surface area contributed by atoms with Gasteiger partial charge in [-0.15, -0.1) is 11.8 Å². The number of amides is 1. The molecule has 5 nitrogen and oxygen atoms in total. The van der Waals surface area contributed by atoms with Gasteiger partial charge in [-0.25, -0.2) is 4.98 Å². The highest BCUT2D eigenvalue weighted by Crippen LogP contribution is 2.19. The smallest absolute Gasteiger partial charge is 0.254 e. The summed E-state index contributed by atoms with van der Waals surface area (Å²) in [7, 11) is 0. The molecule has 2 aliphatic rings. The first-order valence-corrected chi connectivity index (χ1v) is 9.62. The SMILES string of the molecule is CSc1ncccc1C(=O)NC1CCN(CC2CCCO2)CC1. The number of aromatic nitrogens is 1. The highest BCUT2D eigenvalue weighted by atomic mass is 32.2. The fourth-order valence-electron chi connectivity index (χ4n) is 3.33. The van der Waals surface area contributed by atoms with Crippen LogP contribution in [0.5, 0.6) is 0 Å². The van der Waals surface area contributed by atoms with Crippen LogP contribution in [0.25, 0.3) is 0 Å². The predicted octanol–water partition coefficient (Wildman–Crippen LogP) is 2.18. The Kier molecular flexibility index (Phi) is 5.91. The molecule has 0 spiro atoms. The standard InChI is InChI=1S/C17H25N3O2S/c1-23-17-15(5-2-8-18-17)16(21)19-13-6-9-20(10-7-13)12-14-4-3-11-22-14/h2,5,8,13-14H,3-4,6-7,9-12H2,1H3,(H,19,21). The van der Waals surface area contributed by atoms with Gasteiger partial charge < -0.3 is 15.0 Å². The van der Waals surface area contributed by atoms with Crippen molar-refractivity contribution in [1.29, 1.82) is 0 Å². The van der Waals surface area contributed by atoms with Gasteiger partial charge in [0.25, 0.3) is 5.91 Å². The number of ether oxygens (including phenoxy) is 1. The van der Waals surface area contributed by atoms with Crippen molar-refractivity contribution in [2.24, 2.45) is 0 Å². The lowest BCUT2D eigenvalue weighted by molar-refractivity contribution is 0.0612. The predicted molar refractivity (Wildman–Crippen MR) is 91.9 cm³/mol. The maximum atomic E-state index is 12.5. The molecule has 126 valence electrons. The van der Waals surface area contributed by atoms with Crippen LogP contribution in [0.3, 0.4) is 0 Å². The normalized spacial score (nSPS) is 23.1.